The zero-order valence-corrected chi connectivity index (χ0v) is 17.3. The van der Waals surface area contributed by atoms with Crippen LogP contribution in [0.25, 0.3) is 5.70 Å². The molecule has 3 aliphatic heterocycles. The minimum absolute atomic E-state index is 0.175. The molecule has 0 bridgehead atoms. The molecule has 0 aromatic heterocycles. The SMILES string of the molecule is CCC[NH+]1CCC2(CC1)Oc1ccccc1[C@@H]1C=C(c3cccc(OC)c3)NN12. The molecule has 0 saturated carbocycles. The summed E-state index contributed by atoms with van der Waals surface area (Å²) in [5.74, 6) is 1.90. The zero-order valence-electron chi connectivity index (χ0n) is 17.3. The largest absolute Gasteiger partial charge is 0.497 e. The lowest BCUT2D eigenvalue weighted by molar-refractivity contribution is -0.908. The number of nitrogens with zero attached hydrogens (tertiary/aromatic N) is 1. The van der Waals surface area contributed by atoms with E-state index in [2.05, 4.69) is 59.8 Å². The van der Waals surface area contributed by atoms with Crippen molar-refractivity contribution in [1.82, 2.24) is 10.4 Å². The van der Waals surface area contributed by atoms with Gasteiger partial charge in [-0.1, -0.05) is 37.3 Å². The Kier molecular flexibility index (Phi) is 4.72. The van der Waals surface area contributed by atoms with Gasteiger partial charge in [0.1, 0.15) is 11.5 Å². The molecule has 1 fully saturated rings. The highest BCUT2D eigenvalue weighted by molar-refractivity contribution is 5.68. The third-order valence-electron chi connectivity index (χ3n) is 6.54. The van der Waals surface area contributed by atoms with Crippen molar-refractivity contribution in [2.24, 2.45) is 0 Å². The Labute approximate surface area is 172 Å². The molecule has 0 unspecified atom stereocenters. The first-order valence-electron chi connectivity index (χ1n) is 10.8. The summed E-state index contributed by atoms with van der Waals surface area (Å²) in [4.78, 5) is 1.69. The minimum atomic E-state index is -0.298. The number of methoxy groups -OCH3 is 1. The van der Waals surface area contributed by atoms with Gasteiger partial charge in [0.2, 0.25) is 0 Å². The maximum Gasteiger partial charge on any atom is 0.191 e. The molecule has 29 heavy (non-hydrogen) atoms. The normalized spacial score (nSPS) is 28.1. The van der Waals surface area contributed by atoms with Gasteiger partial charge in [0.25, 0.3) is 0 Å². The van der Waals surface area contributed by atoms with E-state index in [1.54, 1.807) is 12.0 Å². The molecule has 3 heterocycles. The quantitative estimate of drug-likeness (QED) is 0.839. The van der Waals surface area contributed by atoms with E-state index in [-0.39, 0.29) is 11.8 Å². The fourth-order valence-electron chi connectivity index (χ4n) is 5.02. The molecule has 1 atom stereocenters. The van der Waals surface area contributed by atoms with Crippen molar-refractivity contribution >= 4 is 5.70 Å². The van der Waals surface area contributed by atoms with Gasteiger partial charge in [-0.25, -0.2) is 0 Å². The van der Waals surface area contributed by atoms with Crippen molar-refractivity contribution in [3.63, 3.8) is 0 Å². The first-order chi connectivity index (χ1) is 14.2. The second-order valence-corrected chi connectivity index (χ2v) is 8.33. The molecule has 1 saturated heterocycles. The Morgan fingerprint density at radius 1 is 1.17 bits per heavy atom. The molecular weight excluding hydrogens is 362 g/mol. The number of nitrogens with one attached hydrogen (secondary N) is 2. The summed E-state index contributed by atoms with van der Waals surface area (Å²) in [6.45, 7) is 5.81. The fraction of sp³-hybridized carbons (Fsp3) is 0.417. The first-order valence-corrected chi connectivity index (χ1v) is 10.8. The summed E-state index contributed by atoms with van der Waals surface area (Å²) in [5.41, 5.74) is 6.91. The smallest absolute Gasteiger partial charge is 0.191 e. The molecule has 3 aliphatic rings. The molecule has 2 aromatic carbocycles. The third-order valence-corrected chi connectivity index (χ3v) is 6.54. The fourth-order valence-corrected chi connectivity index (χ4v) is 5.02. The van der Waals surface area contributed by atoms with Crippen LogP contribution in [-0.2, 0) is 0 Å². The van der Waals surface area contributed by atoms with Crippen LogP contribution in [0.2, 0.25) is 0 Å². The summed E-state index contributed by atoms with van der Waals surface area (Å²) >= 11 is 0. The highest BCUT2D eigenvalue weighted by Crippen LogP contribution is 2.47. The van der Waals surface area contributed by atoms with Gasteiger partial charge in [-0.15, -0.1) is 0 Å². The average molecular weight is 393 g/mol. The van der Waals surface area contributed by atoms with Crippen molar-refractivity contribution in [2.45, 2.75) is 38.0 Å². The third kappa shape index (κ3) is 3.18. The lowest BCUT2D eigenvalue weighted by Gasteiger charge is -2.50. The van der Waals surface area contributed by atoms with Crippen LogP contribution in [0, 0.1) is 0 Å². The van der Waals surface area contributed by atoms with E-state index in [0.717, 1.165) is 48.7 Å². The Hall–Kier alpha value is -2.50. The summed E-state index contributed by atoms with van der Waals surface area (Å²) in [5, 5.41) is 2.37. The second kappa shape index (κ2) is 7.39. The number of likely N-dealkylation sites (tertiary alicyclic amines) is 1. The number of rotatable bonds is 4. The van der Waals surface area contributed by atoms with Crippen LogP contribution in [0.4, 0.5) is 0 Å². The highest BCUT2D eigenvalue weighted by Gasteiger charge is 2.52. The molecule has 0 radical (unpaired) electrons. The highest BCUT2D eigenvalue weighted by atomic mass is 16.5. The molecule has 152 valence electrons. The average Bonchev–Trinajstić information content (AvgIpc) is 3.23. The molecule has 5 heteroatoms. The maximum absolute atomic E-state index is 6.72. The second-order valence-electron chi connectivity index (χ2n) is 8.33. The molecule has 0 amide bonds. The van der Waals surface area contributed by atoms with E-state index >= 15 is 0 Å². The molecule has 5 nitrogen and oxygen atoms in total. The predicted molar refractivity (Wildman–Crippen MR) is 114 cm³/mol. The Morgan fingerprint density at radius 2 is 2.00 bits per heavy atom. The number of ether oxygens (including phenoxy) is 2. The lowest BCUT2D eigenvalue weighted by atomic mass is 9.92. The van der Waals surface area contributed by atoms with Crippen LogP contribution in [0.5, 0.6) is 11.5 Å². The van der Waals surface area contributed by atoms with Crippen LogP contribution in [0.3, 0.4) is 0 Å². The van der Waals surface area contributed by atoms with Crippen molar-refractivity contribution in [3.05, 3.63) is 65.7 Å². The van der Waals surface area contributed by atoms with Crippen molar-refractivity contribution < 1.29 is 14.4 Å². The number of hydrogen-bond donors (Lipinski definition) is 2. The van der Waals surface area contributed by atoms with E-state index in [0.29, 0.717) is 0 Å². The number of quaternary nitrogens is 1. The van der Waals surface area contributed by atoms with Crippen molar-refractivity contribution in [2.75, 3.05) is 26.7 Å². The van der Waals surface area contributed by atoms with Gasteiger partial charge in [-0.05, 0) is 30.7 Å². The summed E-state index contributed by atoms with van der Waals surface area (Å²) in [7, 11) is 1.71. The maximum atomic E-state index is 6.72. The van der Waals surface area contributed by atoms with E-state index in [9.17, 15) is 0 Å². The van der Waals surface area contributed by atoms with Crippen molar-refractivity contribution in [3.8, 4) is 11.5 Å². The van der Waals surface area contributed by atoms with Crippen LogP contribution in [0.15, 0.2) is 54.6 Å². The van der Waals surface area contributed by atoms with Crippen LogP contribution in [-0.4, -0.2) is 37.5 Å². The van der Waals surface area contributed by atoms with Crippen LogP contribution < -0.4 is 19.8 Å². The van der Waals surface area contributed by atoms with Crippen LogP contribution in [0.1, 0.15) is 43.4 Å². The van der Waals surface area contributed by atoms with Crippen LogP contribution >= 0.6 is 0 Å². The molecule has 0 aliphatic carbocycles. The van der Waals surface area contributed by atoms with Gasteiger partial charge >= 0.3 is 0 Å². The van der Waals surface area contributed by atoms with E-state index in [1.807, 2.05) is 12.1 Å². The topological polar surface area (TPSA) is 38.2 Å². The van der Waals surface area contributed by atoms with Gasteiger partial charge in [-0.3, -0.25) is 0 Å². The number of benzene rings is 2. The summed E-state index contributed by atoms with van der Waals surface area (Å²) in [6.07, 6.45) is 5.63. The minimum Gasteiger partial charge on any atom is -0.497 e. The van der Waals surface area contributed by atoms with Gasteiger partial charge < -0.3 is 19.8 Å². The number of para-hydroxylation sites is 1. The monoisotopic (exact) mass is 392 g/mol. The molecule has 2 N–H and O–H groups in total. The Bertz CT molecular complexity index is 918. The Morgan fingerprint density at radius 3 is 2.79 bits per heavy atom. The lowest BCUT2D eigenvalue weighted by Crippen LogP contribution is -3.14. The summed E-state index contributed by atoms with van der Waals surface area (Å²) < 4.78 is 12.2. The number of fused-ring (bicyclic) bond motifs is 4. The number of hydrazine groups is 1. The van der Waals surface area contributed by atoms with Crippen molar-refractivity contribution in [1.29, 1.82) is 0 Å². The summed E-state index contributed by atoms with van der Waals surface area (Å²) in [6, 6.07) is 16.9. The van der Waals surface area contributed by atoms with Gasteiger partial charge in [0, 0.05) is 11.1 Å². The van der Waals surface area contributed by atoms with E-state index in [4.69, 9.17) is 9.47 Å². The predicted octanol–water partition coefficient (Wildman–Crippen LogP) is 2.78. The van der Waals surface area contributed by atoms with Gasteiger partial charge in [0.05, 0.1) is 51.3 Å². The van der Waals surface area contributed by atoms with Gasteiger partial charge in [-0.2, -0.15) is 5.01 Å². The molecule has 1 spiro atoms. The standard InChI is InChI=1S/C24H29N3O2/c1-3-13-26-14-11-24(12-15-26)27-22(20-9-4-5-10-23(20)29-24)17-21(25-27)18-7-6-8-19(16-18)28-2/h4-10,16-17,22,25H,3,11-15H2,1-2H3/p+1/t22-/m0/s1. The van der Waals surface area contributed by atoms with E-state index < -0.39 is 0 Å². The zero-order chi connectivity index (χ0) is 19.8. The number of piperidine rings is 1. The molecular formula is C24H30N3O2+. The van der Waals surface area contributed by atoms with Gasteiger partial charge in [0.15, 0.2) is 5.72 Å². The van der Waals surface area contributed by atoms with E-state index in [1.165, 1.54) is 18.5 Å². The number of hydrogen-bond acceptors (Lipinski definition) is 4. The first kappa shape index (κ1) is 18.5. The Balaban J connectivity index is 1.50. The molecule has 5 rings (SSSR count). The molecule has 2 aromatic rings.